The summed E-state index contributed by atoms with van der Waals surface area (Å²) in [6.45, 7) is 0. The van der Waals surface area contributed by atoms with E-state index >= 15 is 0 Å². The Morgan fingerprint density at radius 2 is 1.89 bits per heavy atom. The number of imidazole rings is 1. The van der Waals surface area contributed by atoms with Gasteiger partial charge in [-0.15, -0.1) is 0 Å². The lowest BCUT2D eigenvalue weighted by atomic mass is 10.1. The van der Waals surface area contributed by atoms with Crippen LogP contribution in [0.15, 0.2) is 42.6 Å². The number of halogens is 1. The maximum atomic E-state index is 13.2. The van der Waals surface area contributed by atoms with E-state index in [0.717, 1.165) is 11.3 Å². The van der Waals surface area contributed by atoms with Crippen LogP contribution in [0, 0.1) is 5.82 Å². The number of hydrogen-bond donors (Lipinski definition) is 1. The minimum absolute atomic E-state index is 0.349. The highest BCUT2D eigenvalue weighted by Crippen LogP contribution is 2.27. The van der Waals surface area contributed by atoms with Crippen molar-refractivity contribution < 1.29 is 9.13 Å². The largest absolute Gasteiger partial charge is 0.497 e. The Bertz CT molecular complexity index is 734. The third-order valence-corrected chi connectivity index (χ3v) is 2.98. The van der Waals surface area contributed by atoms with Crippen molar-refractivity contribution in [3.05, 3.63) is 48.4 Å². The molecule has 0 spiro atoms. The molecule has 0 saturated heterocycles. The Hall–Kier alpha value is -2.56. The van der Waals surface area contributed by atoms with Crippen LogP contribution in [0.1, 0.15) is 0 Å². The number of anilines is 1. The van der Waals surface area contributed by atoms with Crippen molar-refractivity contribution in [2.45, 2.75) is 0 Å². The summed E-state index contributed by atoms with van der Waals surface area (Å²) in [6, 6.07) is 10.4. The fourth-order valence-electron chi connectivity index (χ4n) is 2.00. The van der Waals surface area contributed by atoms with E-state index in [0.29, 0.717) is 17.2 Å². The first kappa shape index (κ1) is 11.5. The summed E-state index contributed by atoms with van der Waals surface area (Å²) < 4.78 is 19.8. The zero-order valence-electron chi connectivity index (χ0n) is 10.3. The zero-order valence-corrected chi connectivity index (χ0v) is 10.3. The van der Waals surface area contributed by atoms with Crippen molar-refractivity contribution in [2.75, 3.05) is 12.8 Å². The van der Waals surface area contributed by atoms with Crippen molar-refractivity contribution in [1.82, 2.24) is 9.38 Å². The molecule has 0 aliphatic heterocycles. The second-order valence-corrected chi connectivity index (χ2v) is 4.15. The number of methoxy groups -OCH3 is 1. The maximum absolute atomic E-state index is 13.2. The molecular weight excluding hydrogens is 245 g/mol. The molecule has 0 saturated carbocycles. The Morgan fingerprint density at radius 3 is 2.58 bits per heavy atom. The topological polar surface area (TPSA) is 52.5 Å². The molecule has 96 valence electrons. The van der Waals surface area contributed by atoms with Gasteiger partial charge in [-0.3, -0.25) is 4.40 Å². The summed E-state index contributed by atoms with van der Waals surface area (Å²) in [6.07, 6.45) is 1.32. The number of ether oxygens (including phenoxy) is 1. The third-order valence-electron chi connectivity index (χ3n) is 2.98. The van der Waals surface area contributed by atoms with Gasteiger partial charge in [0.05, 0.1) is 7.11 Å². The molecule has 4 nitrogen and oxygen atoms in total. The Morgan fingerprint density at radius 1 is 1.16 bits per heavy atom. The molecule has 2 aromatic heterocycles. The molecule has 0 unspecified atom stereocenters. The van der Waals surface area contributed by atoms with Gasteiger partial charge in [-0.2, -0.15) is 0 Å². The van der Waals surface area contributed by atoms with Gasteiger partial charge in [-0.05, 0) is 36.4 Å². The minimum atomic E-state index is -0.349. The summed E-state index contributed by atoms with van der Waals surface area (Å²) in [7, 11) is 1.61. The van der Waals surface area contributed by atoms with Gasteiger partial charge in [-0.1, -0.05) is 0 Å². The number of fused-ring (bicyclic) bond motifs is 1. The maximum Gasteiger partial charge on any atom is 0.140 e. The van der Waals surface area contributed by atoms with Crippen LogP contribution in [0.2, 0.25) is 0 Å². The molecule has 1 aromatic carbocycles. The Labute approximate surface area is 109 Å². The summed E-state index contributed by atoms with van der Waals surface area (Å²) in [5.74, 6) is 0.828. The van der Waals surface area contributed by atoms with Crippen LogP contribution < -0.4 is 10.5 Å². The number of pyridine rings is 1. The summed E-state index contributed by atoms with van der Waals surface area (Å²) >= 11 is 0. The summed E-state index contributed by atoms with van der Waals surface area (Å²) in [4.78, 5) is 4.41. The molecule has 0 amide bonds. The zero-order chi connectivity index (χ0) is 13.4. The first-order valence-electron chi connectivity index (χ1n) is 5.76. The first-order chi connectivity index (χ1) is 9.19. The monoisotopic (exact) mass is 257 g/mol. The fraction of sp³-hybridized carbons (Fsp3) is 0.0714. The lowest BCUT2D eigenvalue weighted by Gasteiger charge is -2.02. The van der Waals surface area contributed by atoms with Crippen LogP contribution in [0.25, 0.3) is 16.9 Å². The highest BCUT2D eigenvalue weighted by Gasteiger charge is 2.11. The second kappa shape index (κ2) is 4.28. The highest BCUT2D eigenvalue weighted by molar-refractivity contribution is 5.75. The van der Waals surface area contributed by atoms with E-state index in [1.54, 1.807) is 13.2 Å². The van der Waals surface area contributed by atoms with Gasteiger partial charge in [0.1, 0.15) is 28.7 Å². The van der Waals surface area contributed by atoms with Gasteiger partial charge >= 0.3 is 0 Å². The van der Waals surface area contributed by atoms with Crippen LogP contribution in [0.4, 0.5) is 10.2 Å². The van der Waals surface area contributed by atoms with Crippen molar-refractivity contribution in [3.8, 4) is 17.0 Å². The number of aromatic nitrogens is 2. The average molecular weight is 257 g/mol. The fourth-order valence-corrected chi connectivity index (χ4v) is 2.00. The van der Waals surface area contributed by atoms with Gasteiger partial charge in [0.2, 0.25) is 0 Å². The Kier molecular flexibility index (Phi) is 2.59. The number of nitrogen functional groups attached to an aromatic ring is 1. The molecule has 2 heterocycles. The van der Waals surface area contributed by atoms with Crippen LogP contribution in [-0.2, 0) is 0 Å². The molecule has 0 radical (unpaired) electrons. The van der Waals surface area contributed by atoms with Crippen LogP contribution in [-0.4, -0.2) is 16.5 Å². The van der Waals surface area contributed by atoms with Gasteiger partial charge in [0.25, 0.3) is 0 Å². The van der Waals surface area contributed by atoms with E-state index in [-0.39, 0.29) is 5.82 Å². The molecule has 0 atom stereocenters. The molecule has 0 aliphatic carbocycles. The predicted molar refractivity (Wildman–Crippen MR) is 71.6 cm³/mol. The molecule has 3 aromatic rings. The molecule has 5 heteroatoms. The van der Waals surface area contributed by atoms with Crippen LogP contribution in [0.5, 0.6) is 5.75 Å². The van der Waals surface area contributed by atoms with Gasteiger partial charge in [0, 0.05) is 11.8 Å². The molecule has 19 heavy (non-hydrogen) atoms. The highest BCUT2D eigenvalue weighted by atomic mass is 19.1. The summed E-state index contributed by atoms with van der Waals surface area (Å²) in [5, 5.41) is 0. The second-order valence-electron chi connectivity index (χ2n) is 4.15. The molecule has 3 rings (SSSR count). The van der Waals surface area contributed by atoms with E-state index in [1.807, 2.05) is 24.3 Å². The normalized spacial score (nSPS) is 10.8. The summed E-state index contributed by atoms with van der Waals surface area (Å²) in [5.41, 5.74) is 8.12. The van der Waals surface area contributed by atoms with E-state index in [9.17, 15) is 4.39 Å². The third kappa shape index (κ3) is 1.89. The molecule has 2 N–H and O–H groups in total. The Balaban J connectivity index is 2.16. The van der Waals surface area contributed by atoms with E-state index < -0.39 is 0 Å². The lowest BCUT2D eigenvalue weighted by molar-refractivity contribution is 0.415. The first-order valence-corrected chi connectivity index (χ1v) is 5.76. The lowest BCUT2D eigenvalue weighted by Crippen LogP contribution is -1.94. The van der Waals surface area contributed by atoms with E-state index in [4.69, 9.17) is 10.5 Å². The molecular formula is C14H12FN3O. The quantitative estimate of drug-likeness (QED) is 0.768. The van der Waals surface area contributed by atoms with Gasteiger partial charge in [0.15, 0.2) is 0 Å². The number of benzene rings is 1. The minimum Gasteiger partial charge on any atom is -0.497 e. The van der Waals surface area contributed by atoms with Crippen molar-refractivity contribution in [2.24, 2.45) is 0 Å². The smallest absolute Gasteiger partial charge is 0.140 e. The molecule has 0 aliphatic rings. The number of hydrogen-bond acceptors (Lipinski definition) is 3. The predicted octanol–water partition coefficient (Wildman–Crippen LogP) is 2.73. The number of rotatable bonds is 2. The number of nitrogens with two attached hydrogens (primary N) is 1. The van der Waals surface area contributed by atoms with Crippen LogP contribution >= 0.6 is 0 Å². The molecule has 0 fully saturated rings. The van der Waals surface area contributed by atoms with Crippen molar-refractivity contribution in [3.63, 3.8) is 0 Å². The SMILES string of the molecule is COc1ccc(-c2nc3ccc(F)cn3c2N)cc1. The molecule has 0 bridgehead atoms. The van der Waals surface area contributed by atoms with E-state index in [2.05, 4.69) is 4.98 Å². The number of nitrogens with zero attached hydrogens (tertiary/aromatic N) is 2. The average Bonchev–Trinajstić information content (AvgIpc) is 2.76. The van der Waals surface area contributed by atoms with Crippen LogP contribution in [0.3, 0.4) is 0 Å². The standard InChI is InChI=1S/C14H12FN3O/c1-19-11-5-2-9(3-6-11)13-14(16)18-8-10(15)4-7-12(18)17-13/h2-8H,16H2,1H3. The van der Waals surface area contributed by atoms with Crippen molar-refractivity contribution in [1.29, 1.82) is 0 Å². The van der Waals surface area contributed by atoms with Gasteiger partial charge in [-0.25, -0.2) is 9.37 Å². The van der Waals surface area contributed by atoms with Crippen molar-refractivity contribution >= 4 is 11.5 Å². The van der Waals surface area contributed by atoms with Gasteiger partial charge < -0.3 is 10.5 Å². The van der Waals surface area contributed by atoms with E-state index in [1.165, 1.54) is 16.7 Å².